The van der Waals surface area contributed by atoms with Gasteiger partial charge >= 0.3 is 0 Å². The molecular formula is C15H22. The number of rotatable bonds is 1. The fourth-order valence-electron chi connectivity index (χ4n) is 3.26. The molecule has 0 heteroatoms. The third kappa shape index (κ3) is 1.60. The first-order valence-corrected chi connectivity index (χ1v) is 6.08. The summed E-state index contributed by atoms with van der Waals surface area (Å²) < 4.78 is 0. The molecule has 2 rings (SSSR count). The summed E-state index contributed by atoms with van der Waals surface area (Å²) >= 11 is 0. The van der Waals surface area contributed by atoms with E-state index in [1.807, 2.05) is 0 Å². The van der Waals surface area contributed by atoms with E-state index in [4.69, 9.17) is 0 Å². The van der Waals surface area contributed by atoms with Gasteiger partial charge in [-0.15, -0.1) is 0 Å². The lowest BCUT2D eigenvalue weighted by molar-refractivity contribution is 0.227. The van der Waals surface area contributed by atoms with Crippen LogP contribution in [0.2, 0.25) is 0 Å². The monoisotopic (exact) mass is 202 g/mol. The van der Waals surface area contributed by atoms with Gasteiger partial charge in [0.15, 0.2) is 0 Å². The molecule has 0 N–H and O–H groups in total. The van der Waals surface area contributed by atoms with Crippen LogP contribution in [0.4, 0.5) is 0 Å². The molecule has 0 aromatic carbocycles. The van der Waals surface area contributed by atoms with Gasteiger partial charge in [0, 0.05) is 5.41 Å². The largest absolute Gasteiger partial charge is 0.0958 e. The molecule has 2 atom stereocenters. The third-order valence-electron chi connectivity index (χ3n) is 4.40. The summed E-state index contributed by atoms with van der Waals surface area (Å²) in [5.74, 6) is 0.800. The highest BCUT2D eigenvalue weighted by atomic mass is 14.5. The van der Waals surface area contributed by atoms with Gasteiger partial charge < -0.3 is 0 Å². The summed E-state index contributed by atoms with van der Waals surface area (Å²) in [7, 11) is 0. The van der Waals surface area contributed by atoms with Crippen LogP contribution in [0, 0.1) is 11.3 Å². The van der Waals surface area contributed by atoms with Crippen LogP contribution in [0.5, 0.6) is 0 Å². The lowest BCUT2D eigenvalue weighted by Gasteiger charge is -2.39. The molecule has 0 aliphatic heterocycles. The Labute approximate surface area is 93.8 Å². The summed E-state index contributed by atoms with van der Waals surface area (Å²) in [5, 5.41) is 0. The maximum atomic E-state index is 4.15. The highest BCUT2D eigenvalue weighted by molar-refractivity contribution is 5.39. The molecule has 0 fully saturated rings. The summed E-state index contributed by atoms with van der Waals surface area (Å²) in [6.45, 7) is 11.0. The quantitative estimate of drug-likeness (QED) is 0.543. The van der Waals surface area contributed by atoms with Crippen molar-refractivity contribution in [1.29, 1.82) is 0 Å². The molecule has 0 aromatic rings. The van der Waals surface area contributed by atoms with Crippen LogP contribution in [0.25, 0.3) is 0 Å². The van der Waals surface area contributed by atoms with Crippen molar-refractivity contribution in [3.05, 3.63) is 35.5 Å². The Hall–Kier alpha value is -0.780. The lowest BCUT2D eigenvalue weighted by atomic mass is 9.64. The number of hydrogen-bond donors (Lipinski definition) is 0. The summed E-state index contributed by atoms with van der Waals surface area (Å²) in [5.41, 5.74) is 4.84. The predicted octanol–water partition coefficient (Wildman–Crippen LogP) is 4.65. The summed E-state index contributed by atoms with van der Waals surface area (Å²) in [6, 6.07) is 0. The van der Waals surface area contributed by atoms with E-state index in [0.717, 1.165) is 5.92 Å². The Morgan fingerprint density at radius 1 is 1.47 bits per heavy atom. The molecule has 0 amide bonds. The Morgan fingerprint density at radius 3 is 2.73 bits per heavy atom. The summed E-state index contributed by atoms with van der Waals surface area (Å²) in [4.78, 5) is 0. The molecule has 2 unspecified atom stereocenters. The first-order valence-electron chi connectivity index (χ1n) is 6.08. The maximum absolute atomic E-state index is 4.15. The average molecular weight is 202 g/mol. The molecule has 0 radical (unpaired) electrons. The van der Waals surface area contributed by atoms with Gasteiger partial charge in [0.05, 0.1) is 0 Å². The Bertz CT molecular complexity index is 343. The second kappa shape index (κ2) is 3.66. The van der Waals surface area contributed by atoms with E-state index in [1.165, 1.54) is 31.3 Å². The van der Waals surface area contributed by atoms with Crippen LogP contribution in [0.3, 0.4) is 0 Å². The van der Waals surface area contributed by atoms with Crippen LogP contribution in [-0.4, -0.2) is 0 Å². The second-order valence-corrected chi connectivity index (χ2v) is 5.45. The smallest absolute Gasteiger partial charge is 0.00184 e. The number of hydrogen-bond acceptors (Lipinski definition) is 0. The van der Waals surface area contributed by atoms with Gasteiger partial charge in [-0.3, -0.25) is 0 Å². The van der Waals surface area contributed by atoms with Gasteiger partial charge in [-0.1, -0.05) is 36.8 Å². The van der Waals surface area contributed by atoms with Gasteiger partial charge in [0.25, 0.3) is 0 Å². The standard InChI is InChI=1S/C15H22/c1-11(2)14-6-5-13(4)15(14)9-7-12(3)8-10-15/h6-7,13H,1,5,8-10H2,2-4H3. The van der Waals surface area contributed by atoms with Gasteiger partial charge in [-0.25, -0.2) is 0 Å². The van der Waals surface area contributed by atoms with Crippen molar-refractivity contribution >= 4 is 0 Å². The van der Waals surface area contributed by atoms with Gasteiger partial charge in [-0.2, -0.15) is 0 Å². The van der Waals surface area contributed by atoms with Gasteiger partial charge in [0.2, 0.25) is 0 Å². The van der Waals surface area contributed by atoms with Crippen molar-refractivity contribution in [2.75, 3.05) is 0 Å². The molecule has 2 aliphatic carbocycles. The normalized spacial score (nSPS) is 35.3. The van der Waals surface area contributed by atoms with E-state index >= 15 is 0 Å². The van der Waals surface area contributed by atoms with E-state index in [9.17, 15) is 0 Å². The fraction of sp³-hybridized carbons (Fsp3) is 0.600. The van der Waals surface area contributed by atoms with Crippen molar-refractivity contribution in [3.63, 3.8) is 0 Å². The summed E-state index contributed by atoms with van der Waals surface area (Å²) in [6.07, 6.45) is 9.96. The minimum Gasteiger partial charge on any atom is -0.0958 e. The minimum absolute atomic E-state index is 0.436. The van der Waals surface area contributed by atoms with Crippen LogP contribution < -0.4 is 0 Å². The zero-order valence-corrected chi connectivity index (χ0v) is 10.3. The molecule has 0 nitrogen and oxygen atoms in total. The van der Waals surface area contributed by atoms with Gasteiger partial charge in [-0.05, 0) is 51.0 Å². The lowest BCUT2D eigenvalue weighted by Crippen LogP contribution is -2.29. The fourth-order valence-corrected chi connectivity index (χ4v) is 3.26. The van der Waals surface area contributed by atoms with Crippen LogP contribution in [0.15, 0.2) is 35.5 Å². The van der Waals surface area contributed by atoms with Gasteiger partial charge in [0.1, 0.15) is 0 Å². The molecule has 0 aromatic heterocycles. The average Bonchev–Trinajstić information content (AvgIpc) is 2.50. The zero-order chi connectivity index (χ0) is 11.1. The van der Waals surface area contributed by atoms with Crippen LogP contribution in [-0.2, 0) is 0 Å². The molecule has 82 valence electrons. The number of allylic oxidation sites excluding steroid dienone is 5. The maximum Gasteiger partial charge on any atom is 0.00184 e. The van der Waals surface area contributed by atoms with E-state index in [0.29, 0.717) is 5.41 Å². The highest BCUT2D eigenvalue weighted by Gasteiger charge is 2.42. The van der Waals surface area contributed by atoms with Crippen molar-refractivity contribution in [3.8, 4) is 0 Å². The molecule has 0 saturated carbocycles. The molecule has 0 heterocycles. The van der Waals surface area contributed by atoms with E-state index in [1.54, 1.807) is 11.1 Å². The Kier molecular flexibility index (Phi) is 2.62. The molecule has 1 spiro atoms. The molecule has 15 heavy (non-hydrogen) atoms. The molecule has 0 bridgehead atoms. The Morgan fingerprint density at radius 2 is 2.20 bits per heavy atom. The van der Waals surface area contributed by atoms with E-state index < -0.39 is 0 Å². The SMILES string of the molecule is C=C(C)C1=CCC(C)C12CC=C(C)CC2. The first-order chi connectivity index (χ1) is 7.06. The topological polar surface area (TPSA) is 0 Å². The van der Waals surface area contributed by atoms with Crippen LogP contribution >= 0.6 is 0 Å². The van der Waals surface area contributed by atoms with Crippen molar-refractivity contribution < 1.29 is 0 Å². The zero-order valence-electron chi connectivity index (χ0n) is 10.3. The third-order valence-corrected chi connectivity index (χ3v) is 4.40. The van der Waals surface area contributed by atoms with Crippen molar-refractivity contribution in [1.82, 2.24) is 0 Å². The molecule has 0 saturated heterocycles. The van der Waals surface area contributed by atoms with Crippen molar-refractivity contribution in [2.45, 2.75) is 46.5 Å². The minimum atomic E-state index is 0.436. The first kappa shape index (κ1) is 10.7. The van der Waals surface area contributed by atoms with E-state index in [-0.39, 0.29) is 0 Å². The molecule has 2 aliphatic rings. The van der Waals surface area contributed by atoms with Crippen LogP contribution in [0.1, 0.15) is 46.5 Å². The van der Waals surface area contributed by atoms with E-state index in [2.05, 4.69) is 39.5 Å². The highest BCUT2D eigenvalue weighted by Crippen LogP contribution is 2.54. The molecular weight excluding hydrogens is 180 g/mol. The predicted molar refractivity (Wildman–Crippen MR) is 66.7 cm³/mol. The van der Waals surface area contributed by atoms with Crippen molar-refractivity contribution in [2.24, 2.45) is 11.3 Å². The second-order valence-electron chi connectivity index (χ2n) is 5.45. The Balaban J connectivity index is 2.33.